The van der Waals surface area contributed by atoms with Gasteiger partial charge in [0.25, 0.3) is 11.8 Å². The molecule has 0 atom stereocenters. The average molecular weight is 420 g/mol. The quantitative estimate of drug-likeness (QED) is 0.383. The van der Waals surface area contributed by atoms with Crippen molar-refractivity contribution in [3.63, 3.8) is 0 Å². The Balaban J connectivity index is 1.64. The number of methoxy groups -OCH3 is 1. The van der Waals surface area contributed by atoms with Gasteiger partial charge in [-0.25, -0.2) is 9.59 Å². The molecule has 0 bridgehead atoms. The highest BCUT2D eigenvalue weighted by Gasteiger charge is 2.36. The molecule has 1 N–H and O–H groups in total. The highest BCUT2D eigenvalue weighted by atomic mass is 16.5. The number of nitrogens with one attached hydrogen (secondary N) is 1. The summed E-state index contributed by atoms with van der Waals surface area (Å²) in [6.45, 7) is -0.127. The third-order valence-electron chi connectivity index (χ3n) is 4.59. The molecule has 31 heavy (non-hydrogen) atoms. The number of nitrogens with zero attached hydrogens (tertiary/aromatic N) is 1. The van der Waals surface area contributed by atoms with Gasteiger partial charge in [-0.15, -0.1) is 0 Å². The number of esters is 1. The first-order chi connectivity index (χ1) is 15.0. The molecule has 1 aliphatic heterocycles. The fourth-order valence-electron chi connectivity index (χ4n) is 3.10. The van der Waals surface area contributed by atoms with Crippen LogP contribution in [0.5, 0.6) is 0 Å². The van der Waals surface area contributed by atoms with Crippen molar-refractivity contribution in [1.82, 2.24) is 10.2 Å². The van der Waals surface area contributed by atoms with Gasteiger partial charge in [0.15, 0.2) is 0 Å². The maximum atomic E-state index is 12.8. The van der Waals surface area contributed by atoms with Crippen LogP contribution >= 0.6 is 0 Å². The average Bonchev–Trinajstić information content (AvgIpc) is 3.45. The van der Waals surface area contributed by atoms with Crippen LogP contribution in [0.2, 0.25) is 0 Å². The molecule has 4 rings (SSSR count). The van der Waals surface area contributed by atoms with Crippen LogP contribution in [0, 0.1) is 0 Å². The number of hydrogen-bond donors (Lipinski definition) is 1. The van der Waals surface area contributed by atoms with Crippen LogP contribution < -0.4 is 5.32 Å². The zero-order chi connectivity index (χ0) is 22.0. The SMILES string of the molecule is COC(=O)c1ccccc1-c1ccc(C=C2C(=O)NC(=O)N(Cc3ccco3)C2=O)o1. The van der Waals surface area contributed by atoms with E-state index in [-0.39, 0.29) is 17.9 Å². The number of imide groups is 2. The first-order valence-electron chi connectivity index (χ1n) is 9.16. The molecule has 0 aliphatic carbocycles. The number of carbonyl (C=O) groups is 4. The molecule has 1 aromatic carbocycles. The summed E-state index contributed by atoms with van der Waals surface area (Å²) in [7, 11) is 1.28. The number of urea groups is 1. The second kappa shape index (κ2) is 8.15. The minimum absolute atomic E-state index is 0.127. The summed E-state index contributed by atoms with van der Waals surface area (Å²) in [6, 6.07) is 12.3. The number of furan rings is 2. The first-order valence-corrected chi connectivity index (χ1v) is 9.16. The molecule has 1 aliphatic rings. The van der Waals surface area contributed by atoms with E-state index in [1.54, 1.807) is 48.5 Å². The van der Waals surface area contributed by atoms with Gasteiger partial charge in [-0.05, 0) is 36.4 Å². The maximum absolute atomic E-state index is 12.8. The van der Waals surface area contributed by atoms with Crippen molar-refractivity contribution in [1.29, 1.82) is 0 Å². The molecular formula is C22H16N2O7. The summed E-state index contributed by atoms with van der Waals surface area (Å²) in [6.07, 6.45) is 2.66. The lowest BCUT2D eigenvalue weighted by Gasteiger charge is -2.25. The van der Waals surface area contributed by atoms with E-state index in [4.69, 9.17) is 13.6 Å². The van der Waals surface area contributed by atoms with E-state index in [1.807, 2.05) is 0 Å². The molecule has 9 heteroatoms. The predicted octanol–water partition coefficient (Wildman–Crippen LogP) is 2.99. The van der Waals surface area contributed by atoms with Crippen molar-refractivity contribution >= 4 is 29.9 Å². The van der Waals surface area contributed by atoms with Crippen molar-refractivity contribution in [2.45, 2.75) is 6.54 Å². The minimum atomic E-state index is -0.837. The second-order valence-electron chi connectivity index (χ2n) is 6.53. The third kappa shape index (κ3) is 3.88. The van der Waals surface area contributed by atoms with Gasteiger partial charge in [-0.1, -0.05) is 18.2 Å². The third-order valence-corrected chi connectivity index (χ3v) is 4.59. The van der Waals surface area contributed by atoms with Crippen LogP contribution in [0.1, 0.15) is 21.9 Å². The lowest BCUT2D eigenvalue weighted by atomic mass is 10.1. The number of ether oxygens (including phenoxy) is 1. The summed E-state index contributed by atoms with van der Waals surface area (Å²) in [5, 5.41) is 2.13. The highest BCUT2D eigenvalue weighted by molar-refractivity contribution is 6.30. The molecule has 9 nitrogen and oxygen atoms in total. The minimum Gasteiger partial charge on any atom is -0.467 e. The summed E-state index contributed by atoms with van der Waals surface area (Å²) in [5.41, 5.74) is 0.529. The number of amides is 4. The molecule has 3 aromatic rings. The van der Waals surface area contributed by atoms with E-state index in [0.717, 1.165) is 4.90 Å². The standard InChI is InChI=1S/C22H16N2O7/c1-29-21(27)16-7-3-2-6-15(16)18-9-8-13(31-18)11-17-19(25)23-22(28)24(20(17)26)12-14-5-4-10-30-14/h2-11H,12H2,1H3,(H,23,25,28). The Morgan fingerprint density at radius 3 is 2.65 bits per heavy atom. The van der Waals surface area contributed by atoms with Crippen molar-refractivity contribution in [3.8, 4) is 11.3 Å². The molecule has 0 spiro atoms. The molecule has 1 fully saturated rings. The van der Waals surface area contributed by atoms with Gasteiger partial charge in [-0.2, -0.15) is 0 Å². The first kappa shape index (κ1) is 19.9. The predicted molar refractivity (Wildman–Crippen MR) is 106 cm³/mol. The monoisotopic (exact) mass is 420 g/mol. The van der Waals surface area contributed by atoms with E-state index in [1.165, 1.54) is 19.4 Å². The Labute approximate surface area is 175 Å². The Morgan fingerprint density at radius 2 is 1.90 bits per heavy atom. The van der Waals surface area contributed by atoms with Crippen LogP contribution in [-0.4, -0.2) is 35.8 Å². The summed E-state index contributed by atoms with van der Waals surface area (Å²) in [4.78, 5) is 50.0. The topological polar surface area (TPSA) is 119 Å². The lowest BCUT2D eigenvalue weighted by molar-refractivity contribution is -0.130. The Hall–Kier alpha value is -4.40. The van der Waals surface area contributed by atoms with Crippen molar-refractivity contribution in [2.75, 3.05) is 7.11 Å². The van der Waals surface area contributed by atoms with E-state index in [0.29, 0.717) is 22.6 Å². The molecule has 2 aromatic heterocycles. The number of barbiturate groups is 1. The van der Waals surface area contributed by atoms with Gasteiger partial charge < -0.3 is 13.6 Å². The second-order valence-corrected chi connectivity index (χ2v) is 6.53. The van der Waals surface area contributed by atoms with Crippen LogP contribution in [0.4, 0.5) is 4.79 Å². The summed E-state index contributed by atoms with van der Waals surface area (Å²) in [5.74, 6) is -1.21. The highest BCUT2D eigenvalue weighted by Crippen LogP contribution is 2.28. The van der Waals surface area contributed by atoms with Gasteiger partial charge in [0.1, 0.15) is 22.9 Å². The van der Waals surface area contributed by atoms with Crippen molar-refractivity contribution in [2.24, 2.45) is 0 Å². The summed E-state index contributed by atoms with van der Waals surface area (Å²) >= 11 is 0. The fraction of sp³-hybridized carbons (Fsp3) is 0.0909. The van der Waals surface area contributed by atoms with E-state index >= 15 is 0 Å². The molecule has 156 valence electrons. The largest absolute Gasteiger partial charge is 0.467 e. The van der Waals surface area contributed by atoms with Crippen LogP contribution in [0.3, 0.4) is 0 Å². The number of hydrogen-bond acceptors (Lipinski definition) is 7. The molecule has 4 amide bonds. The van der Waals surface area contributed by atoms with Crippen LogP contribution in [-0.2, 0) is 20.9 Å². The van der Waals surface area contributed by atoms with Gasteiger partial charge >= 0.3 is 12.0 Å². The Morgan fingerprint density at radius 1 is 1.10 bits per heavy atom. The van der Waals surface area contributed by atoms with Gasteiger partial charge in [0.05, 0.1) is 25.5 Å². The normalized spacial score (nSPS) is 15.3. The van der Waals surface area contributed by atoms with Crippen molar-refractivity contribution < 1.29 is 32.7 Å². The Bertz CT molecular complexity index is 1200. The number of carbonyl (C=O) groups excluding carboxylic acids is 4. The molecular weight excluding hydrogens is 404 g/mol. The molecule has 0 unspecified atom stereocenters. The molecule has 1 saturated heterocycles. The van der Waals surface area contributed by atoms with Gasteiger partial charge in [-0.3, -0.25) is 19.8 Å². The van der Waals surface area contributed by atoms with Crippen LogP contribution in [0.25, 0.3) is 17.4 Å². The maximum Gasteiger partial charge on any atom is 0.338 e. The Kier molecular flexibility index (Phi) is 5.23. The summed E-state index contributed by atoms with van der Waals surface area (Å²) < 4.78 is 15.7. The lowest BCUT2D eigenvalue weighted by Crippen LogP contribution is -2.53. The van der Waals surface area contributed by atoms with E-state index in [2.05, 4.69) is 5.32 Å². The zero-order valence-electron chi connectivity index (χ0n) is 16.3. The molecule has 3 heterocycles. The zero-order valence-corrected chi connectivity index (χ0v) is 16.3. The molecule has 0 radical (unpaired) electrons. The number of benzene rings is 1. The van der Waals surface area contributed by atoms with Gasteiger partial charge in [0.2, 0.25) is 0 Å². The van der Waals surface area contributed by atoms with Crippen LogP contribution in [0.15, 0.2) is 69.2 Å². The van der Waals surface area contributed by atoms with Crippen molar-refractivity contribution in [3.05, 3.63) is 77.5 Å². The van der Waals surface area contributed by atoms with Gasteiger partial charge in [0, 0.05) is 5.56 Å². The smallest absolute Gasteiger partial charge is 0.338 e. The molecule has 0 saturated carbocycles. The van der Waals surface area contributed by atoms with E-state index < -0.39 is 23.8 Å². The van der Waals surface area contributed by atoms with E-state index in [9.17, 15) is 19.2 Å². The number of rotatable bonds is 5. The fourth-order valence-corrected chi connectivity index (χ4v) is 3.10.